The highest BCUT2D eigenvalue weighted by Crippen LogP contribution is 2.43. The Morgan fingerprint density at radius 1 is 1.42 bits per heavy atom. The zero-order valence-corrected chi connectivity index (χ0v) is 11.8. The first kappa shape index (κ1) is 14.6. The monoisotopic (exact) mass is 316 g/mol. The minimum atomic E-state index is -4.70. The van der Waals surface area contributed by atoms with Crippen LogP contribution in [-0.2, 0) is 15.2 Å². The predicted octanol–water partition coefficient (Wildman–Crippen LogP) is 3.11. The molecule has 1 aliphatic rings. The molecule has 0 N–H and O–H groups in total. The summed E-state index contributed by atoms with van der Waals surface area (Å²) in [4.78, 5) is 0. The van der Waals surface area contributed by atoms with Crippen molar-refractivity contribution in [1.29, 1.82) is 0 Å². The van der Waals surface area contributed by atoms with E-state index < -0.39 is 37.6 Å². The highest BCUT2D eigenvalue weighted by Gasteiger charge is 2.42. The number of nitrogens with zero attached hydrogens (tertiary/aromatic N) is 2. The van der Waals surface area contributed by atoms with Crippen LogP contribution in [0.3, 0.4) is 0 Å². The Bertz CT molecular complexity index is 605. The average molecular weight is 317 g/mol. The maximum absolute atomic E-state index is 12.8. The molecule has 0 saturated heterocycles. The molecule has 1 fully saturated rings. The Balaban J connectivity index is 2.64. The third-order valence-electron chi connectivity index (χ3n) is 3.28. The zero-order chi connectivity index (χ0) is 14.6. The topological polar surface area (TPSA) is 52.0 Å². The summed E-state index contributed by atoms with van der Waals surface area (Å²) in [5, 5.41) is 2.88. The Kier molecular flexibility index (Phi) is 3.37. The van der Waals surface area contributed by atoms with Crippen LogP contribution < -0.4 is 0 Å². The van der Waals surface area contributed by atoms with E-state index in [0.29, 0.717) is 0 Å². The van der Waals surface area contributed by atoms with Gasteiger partial charge in [-0.05, 0) is 32.6 Å². The molecule has 0 aromatic carbocycles. The van der Waals surface area contributed by atoms with Crippen LogP contribution >= 0.6 is 10.7 Å². The number of halogens is 4. The lowest BCUT2D eigenvalue weighted by Crippen LogP contribution is -2.15. The van der Waals surface area contributed by atoms with Crippen molar-refractivity contribution < 1.29 is 21.6 Å². The van der Waals surface area contributed by atoms with Gasteiger partial charge in [0.1, 0.15) is 0 Å². The summed E-state index contributed by atoms with van der Waals surface area (Å²) in [6, 6.07) is -0.418. The lowest BCUT2D eigenvalue weighted by Gasteiger charge is -2.13. The lowest BCUT2D eigenvalue weighted by atomic mass is 10.2. The van der Waals surface area contributed by atoms with Gasteiger partial charge in [0.2, 0.25) is 0 Å². The van der Waals surface area contributed by atoms with Gasteiger partial charge in [0, 0.05) is 16.2 Å². The van der Waals surface area contributed by atoms with Gasteiger partial charge in [-0.1, -0.05) is 0 Å². The average Bonchev–Trinajstić information content (AvgIpc) is 2.97. The van der Waals surface area contributed by atoms with E-state index in [1.807, 2.05) is 0 Å². The van der Waals surface area contributed by atoms with Gasteiger partial charge in [-0.25, -0.2) is 13.1 Å². The molecule has 19 heavy (non-hydrogen) atoms. The van der Waals surface area contributed by atoms with Crippen molar-refractivity contribution in [2.75, 3.05) is 0 Å². The Hall–Kier alpha value is -0.760. The molecule has 4 nitrogen and oxygen atoms in total. The quantitative estimate of drug-likeness (QED) is 0.805. The van der Waals surface area contributed by atoms with E-state index in [0.717, 1.165) is 24.4 Å². The largest absolute Gasteiger partial charge is 0.435 e. The summed E-state index contributed by atoms with van der Waals surface area (Å²) < 4.78 is 62.3. The molecule has 2 rings (SSSR count). The molecule has 0 aliphatic heterocycles. The van der Waals surface area contributed by atoms with Gasteiger partial charge >= 0.3 is 6.18 Å². The summed E-state index contributed by atoms with van der Waals surface area (Å²) in [6.45, 7) is 2.72. The second-order valence-corrected chi connectivity index (χ2v) is 7.22. The van der Waals surface area contributed by atoms with Crippen molar-refractivity contribution in [3.05, 3.63) is 11.3 Å². The van der Waals surface area contributed by atoms with Gasteiger partial charge in [0.15, 0.2) is 10.7 Å². The lowest BCUT2D eigenvalue weighted by molar-refractivity contribution is -0.142. The predicted molar refractivity (Wildman–Crippen MR) is 62.4 cm³/mol. The first-order valence-electron chi connectivity index (χ1n) is 5.64. The van der Waals surface area contributed by atoms with Gasteiger partial charge in [0.05, 0.1) is 6.04 Å². The molecule has 1 aromatic heterocycles. The van der Waals surface area contributed by atoms with E-state index in [4.69, 9.17) is 10.7 Å². The van der Waals surface area contributed by atoms with Gasteiger partial charge in [0.25, 0.3) is 9.05 Å². The van der Waals surface area contributed by atoms with Crippen LogP contribution in [0, 0.1) is 12.8 Å². The van der Waals surface area contributed by atoms with Crippen LogP contribution in [0.5, 0.6) is 0 Å². The zero-order valence-electron chi connectivity index (χ0n) is 10.2. The van der Waals surface area contributed by atoms with E-state index in [9.17, 15) is 21.6 Å². The molecular formula is C10H12ClF3N2O2S. The number of rotatable bonds is 3. The molecule has 1 aliphatic carbocycles. The van der Waals surface area contributed by atoms with Gasteiger partial charge in [-0.15, -0.1) is 0 Å². The summed E-state index contributed by atoms with van der Waals surface area (Å²) in [5.74, 6) is 0.151. The van der Waals surface area contributed by atoms with Crippen LogP contribution in [0.15, 0.2) is 5.03 Å². The third-order valence-corrected chi connectivity index (χ3v) is 4.67. The number of aromatic nitrogens is 2. The van der Waals surface area contributed by atoms with Crippen LogP contribution in [0.4, 0.5) is 13.2 Å². The van der Waals surface area contributed by atoms with Gasteiger partial charge in [-0.3, -0.25) is 0 Å². The molecule has 1 atom stereocenters. The van der Waals surface area contributed by atoms with Crippen LogP contribution in [0.1, 0.15) is 37.1 Å². The van der Waals surface area contributed by atoms with Crippen molar-refractivity contribution in [2.24, 2.45) is 5.92 Å². The third kappa shape index (κ3) is 2.74. The van der Waals surface area contributed by atoms with Crippen molar-refractivity contribution in [2.45, 2.75) is 43.9 Å². The fraction of sp³-hybridized carbons (Fsp3) is 0.700. The molecule has 9 heteroatoms. The summed E-state index contributed by atoms with van der Waals surface area (Å²) in [5.41, 5.74) is -1.64. The van der Waals surface area contributed by atoms with E-state index >= 15 is 0 Å². The van der Waals surface area contributed by atoms with E-state index in [2.05, 4.69) is 5.10 Å². The number of alkyl halides is 3. The molecule has 0 amide bonds. The first-order valence-corrected chi connectivity index (χ1v) is 7.95. The molecule has 0 bridgehead atoms. The SMILES string of the molecule is Cc1c(C(F)(F)F)nn(C(C)C2CC2)c1S(=O)(=O)Cl. The highest BCUT2D eigenvalue weighted by atomic mass is 35.7. The van der Waals surface area contributed by atoms with Gasteiger partial charge in [-0.2, -0.15) is 18.3 Å². The highest BCUT2D eigenvalue weighted by molar-refractivity contribution is 8.13. The molecule has 0 radical (unpaired) electrons. The van der Waals surface area contributed by atoms with Crippen molar-refractivity contribution >= 4 is 19.7 Å². The molecular weight excluding hydrogens is 305 g/mol. The molecule has 1 heterocycles. The summed E-state index contributed by atoms with van der Waals surface area (Å²) >= 11 is 0. The fourth-order valence-electron chi connectivity index (χ4n) is 2.12. The van der Waals surface area contributed by atoms with Crippen molar-refractivity contribution in [3.63, 3.8) is 0 Å². The standard InChI is InChI=1S/C10H12ClF3N2O2S/c1-5-8(10(12,13)14)15-16(6(2)7-3-4-7)9(5)19(11,17)18/h6-7H,3-4H2,1-2H3. The van der Waals surface area contributed by atoms with E-state index in [1.165, 1.54) is 0 Å². The molecule has 0 spiro atoms. The van der Waals surface area contributed by atoms with Crippen LogP contribution in [-0.4, -0.2) is 18.2 Å². The van der Waals surface area contributed by atoms with Crippen molar-refractivity contribution in [1.82, 2.24) is 9.78 Å². The van der Waals surface area contributed by atoms with E-state index in [-0.39, 0.29) is 5.92 Å². The maximum Gasteiger partial charge on any atom is 0.435 e. The van der Waals surface area contributed by atoms with Crippen LogP contribution in [0.2, 0.25) is 0 Å². The molecule has 1 aromatic rings. The summed E-state index contributed by atoms with van der Waals surface area (Å²) in [7, 11) is 0.964. The molecule has 108 valence electrons. The van der Waals surface area contributed by atoms with Gasteiger partial charge < -0.3 is 0 Å². The first-order chi connectivity index (χ1) is 8.53. The Morgan fingerprint density at radius 2 is 1.95 bits per heavy atom. The normalized spacial score (nSPS) is 18.6. The minimum absolute atomic E-state index is 0.151. The Labute approximate surface area is 113 Å². The second-order valence-electron chi connectivity index (χ2n) is 4.74. The number of hydrogen-bond donors (Lipinski definition) is 0. The smallest absolute Gasteiger partial charge is 0.249 e. The fourth-order valence-corrected chi connectivity index (χ4v) is 3.57. The van der Waals surface area contributed by atoms with Crippen LogP contribution in [0.25, 0.3) is 0 Å². The minimum Gasteiger partial charge on any atom is -0.249 e. The number of hydrogen-bond acceptors (Lipinski definition) is 3. The summed E-state index contributed by atoms with van der Waals surface area (Å²) in [6.07, 6.45) is -3.00. The molecule has 1 saturated carbocycles. The van der Waals surface area contributed by atoms with Crippen molar-refractivity contribution in [3.8, 4) is 0 Å². The second kappa shape index (κ2) is 4.37. The maximum atomic E-state index is 12.8. The Morgan fingerprint density at radius 3 is 2.32 bits per heavy atom. The van der Waals surface area contributed by atoms with E-state index in [1.54, 1.807) is 6.92 Å². The molecule has 1 unspecified atom stereocenters.